The summed E-state index contributed by atoms with van der Waals surface area (Å²) in [4.78, 5) is 0. The van der Waals surface area contributed by atoms with Crippen LogP contribution < -0.4 is 0 Å². The molecule has 8 heteroatoms. The van der Waals surface area contributed by atoms with Crippen molar-refractivity contribution in [2.24, 2.45) is 0 Å². The summed E-state index contributed by atoms with van der Waals surface area (Å²) in [5.41, 5.74) is 0. The van der Waals surface area contributed by atoms with Gasteiger partial charge in [0.15, 0.2) is 0 Å². The predicted molar refractivity (Wildman–Crippen MR) is 9.19 cm³/mol. The quantitative estimate of drug-likeness (QED) is 0.465. The van der Waals surface area contributed by atoms with E-state index >= 15 is 0 Å². The predicted octanol–water partition coefficient (Wildman–Crippen LogP) is -0.980. The Labute approximate surface area is 88.6 Å². The zero-order valence-corrected chi connectivity index (χ0v) is 9.37. The molecular formula is BiMnO5V. The molecule has 0 aromatic carbocycles. The van der Waals surface area contributed by atoms with Crippen molar-refractivity contribution in [2.75, 3.05) is 0 Å². The third-order valence-corrected chi connectivity index (χ3v) is 0. The maximum atomic E-state index is 0. The zero-order valence-electron chi connectivity index (χ0n) is 3.31. The van der Waals surface area contributed by atoms with Gasteiger partial charge < -0.3 is 27.4 Å². The molecule has 0 amide bonds. The van der Waals surface area contributed by atoms with Crippen molar-refractivity contribution in [1.29, 1.82) is 0 Å². The van der Waals surface area contributed by atoms with Gasteiger partial charge in [-0.05, 0) is 0 Å². The first-order valence-electron chi connectivity index (χ1n) is 0. The summed E-state index contributed by atoms with van der Waals surface area (Å²) in [6.45, 7) is 0. The van der Waals surface area contributed by atoms with Crippen LogP contribution in [0.3, 0.4) is 0 Å². The Balaban J connectivity index is 0. The van der Waals surface area contributed by atoms with E-state index in [2.05, 4.69) is 0 Å². The van der Waals surface area contributed by atoms with E-state index in [0.717, 1.165) is 0 Å². The van der Waals surface area contributed by atoms with Crippen LogP contribution in [-0.4, -0.2) is 26.2 Å². The molecule has 0 aromatic rings. The van der Waals surface area contributed by atoms with E-state index in [0.29, 0.717) is 0 Å². The van der Waals surface area contributed by atoms with Crippen LogP contribution in [0, 0.1) is 0 Å². The van der Waals surface area contributed by atoms with Crippen LogP contribution in [0.2, 0.25) is 0 Å². The summed E-state index contributed by atoms with van der Waals surface area (Å²) in [5.74, 6) is 0. The Morgan fingerprint density at radius 3 is 0.500 bits per heavy atom. The first-order valence-corrected chi connectivity index (χ1v) is 0. The van der Waals surface area contributed by atoms with Crippen LogP contribution in [0.4, 0.5) is 0 Å². The molecule has 0 bridgehead atoms. The Kier molecular flexibility index (Phi) is 4940. The second-order valence-electron chi connectivity index (χ2n) is 0. The molecule has 0 fully saturated rings. The Hall–Kier alpha value is 1.79. The van der Waals surface area contributed by atoms with E-state index in [4.69, 9.17) is 0 Å². The van der Waals surface area contributed by atoms with Crippen molar-refractivity contribution < 1.29 is 63.0 Å². The van der Waals surface area contributed by atoms with Gasteiger partial charge in [-0.2, -0.15) is 0 Å². The molecule has 47 valence electrons. The minimum absolute atomic E-state index is 0. The van der Waals surface area contributed by atoms with Crippen molar-refractivity contribution >= 4 is 26.2 Å². The smallest absolute Gasteiger partial charge is 2.00 e. The number of hydrogen-bond donors (Lipinski definition) is 0. The topological polar surface area (TPSA) is 142 Å². The fraction of sp³-hybridized carbons (Fsp3) is 0. The fourth-order valence-corrected chi connectivity index (χ4v) is 0. The molecule has 0 aliphatic carbocycles. The van der Waals surface area contributed by atoms with E-state index < -0.39 is 0 Å². The molecule has 0 N–H and O–H groups in total. The summed E-state index contributed by atoms with van der Waals surface area (Å²) in [5, 5.41) is 0. The van der Waals surface area contributed by atoms with Crippen molar-refractivity contribution in [2.45, 2.75) is 0 Å². The maximum Gasteiger partial charge on any atom is 5.00 e. The van der Waals surface area contributed by atoms with Crippen molar-refractivity contribution in [3.8, 4) is 0 Å². The minimum atomic E-state index is 0. The molecule has 8 heavy (non-hydrogen) atoms. The normalized spacial score (nSPS) is 0. The SMILES string of the molecule is [Bi+3].[Mn+2].[O-2].[O-2].[O-2].[O-2].[O-2].[V+5]. The molecule has 0 atom stereocenters. The third-order valence-electron chi connectivity index (χ3n) is 0. The molecule has 3 radical (unpaired) electrons. The van der Waals surface area contributed by atoms with E-state index in [1.165, 1.54) is 0 Å². The van der Waals surface area contributed by atoms with Crippen molar-refractivity contribution in [3.63, 3.8) is 0 Å². The molecule has 0 aliphatic heterocycles. The number of rotatable bonds is 0. The van der Waals surface area contributed by atoms with Gasteiger partial charge >= 0.3 is 61.8 Å². The van der Waals surface area contributed by atoms with Gasteiger partial charge in [-0.3, -0.25) is 0 Å². The molecule has 0 spiro atoms. The summed E-state index contributed by atoms with van der Waals surface area (Å²) < 4.78 is 0. The van der Waals surface area contributed by atoms with Crippen LogP contribution in [0.15, 0.2) is 0 Å². The first kappa shape index (κ1) is 237. The molecule has 0 saturated heterocycles. The van der Waals surface area contributed by atoms with Crippen molar-refractivity contribution in [3.05, 3.63) is 0 Å². The van der Waals surface area contributed by atoms with E-state index in [-0.39, 0.29) is 89.2 Å². The number of hydrogen-bond acceptors (Lipinski definition) is 0. The van der Waals surface area contributed by atoms with E-state index in [1.807, 2.05) is 0 Å². The van der Waals surface area contributed by atoms with E-state index in [1.54, 1.807) is 0 Å². The summed E-state index contributed by atoms with van der Waals surface area (Å²) in [7, 11) is 0. The molecule has 0 heterocycles. The van der Waals surface area contributed by atoms with Gasteiger partial charge in [0, 0.05) is 0 Å². The standard InChI is InChI=1S/Bi.Mn.5O.V/q+3;+2;5*-2;+5. The van der Waals surface area contributed by atoms with Gasteiger partial charge in [0.2, 0.25) is 0 Å². The van der Waals surface area contributed by atoms with Gasteiger partial charge in [-0.15, -0.1) is 0 Å². The van der Waals surface area contributed by atoms with Crippen LogP contribution in [0.25, 0.3) is 0 Å². The largest absolute Gasteiger partial charge is 5.00 e. The molecule has 5 nitrogen and oxygen atoms in total. The third kappa shape index (κ3) is 112. The van der Waals surface area contributed by atoms with Crippen LogP contribution in [0.1, 0.15) is 0 Å². The second-order valence-corrected chi connectivity index (χ2v) is 0. The van der Waals surface area contributed by atoms with Gasteiger partial charge in [0.05, 0.1) is 0 Å². The minimum Gasteiger partial charge on any atom is -2.00 e. The van der Waals surface area contributed by atoms with Crippen LogP contribution >= 0.6 is 0 Å². The summed E-state index contributed by atoms with van der Waals surface area (Å²) in [6, 6.07) is 0. The molecule has 0 unspecified atom stereocenters. The monoisotopic (exact) mass is 395 g/mol. The second kappa shape index (κ2) is 167. The first-order chi connectivity index (χ1) is 0. The van der Waals surface area contributed by atoms with Gasteiger partial charge in [-0.25, -0.2) is 0 Å². The molecule has 0 aliphatic rings. The van der Waals surface area contributed by atoms with Crippen LogP contribution in [0.5, 0.6) is 0 Å². The molecular weight excluding hydrogens is 395 g/mol. The fourth-order valence-electron chi connectivity index (χ4n) is 0. The molecule has 0 rings (SSSR count). The Morgan fingerprint density at radius 1 is 0.500 bits per heavy atom. The maximum absolute atomic E-state index is 0. The van der Waals surface area contributed by atoms with Crippen LogP contribution in [-0.2, 0) is 63.0 Å². The van der Waals surface area contributed by atoms with Gasteiger partial charge in [0.25, 0.3) is 0 Å². The summed E-state index contributed by atoms with van der Waals surface area (Å²) in [6.07, 6.45) is 0. The van der Waals surface area contributed by atoms with Gasteiger partial charge in [-0.1, -0.05) is 0 Å². The summed E-state index contributed by atoms with van der Waals surface area (Å²) >= 11 is 0. The molecule has 0 saturated carbocycles. The van der Waals surface area contributed by atoms with Crippen molar-refractivity contribution in [1.82, 2.24) is 0 Å². The van der Waals surface area contributed by atoms with E-state index in [9.17, 15) is 0 Å². The average Bonchev–Trinajstić information content (AvgIpc) is 0. The Bertz CT molecular complexity index is 12.4. The average molecular weight is 395 g/mol. The zero-order chi connectivity index (χ0) is 0. The van der Waals surface area contributed by atoms with Gasteiger partial charge in [0.1, 0.15) is 0 Å². The molecule has 0 aromatic heterocycles. The Morgan fingerprint density at radius 2 is 0.500 bits per heavy atom.